The van der Waals surface area contributed by atoms with Gasteiger partial charge in [0, 0.05) is 16.4 Å². The summed E-state index contributed by atoms with van der Waals surface area (Å²) < 4.78 is 34.4. The summed E-state index contributed by atoms with van der Waals surface area (Å²) in [5, 5.41) is 10.7. The molecule has 1 N–H and O–H groups in total. The van der Waals surface area contributed by atoms with Crippen molar-refractivity contribution in [1.29, 1.82) is 0 Å². The molecule has 3 nitrogen and oxygen atoms in total. The van der Waals surface area contributed by atoms with E-state index < -0.39 is 23.2 Å². The van der Waals surface area contributed by atoms with Gasteiger partial charge in [-0.15, -0.1) is 0 Å². The van der Waals surface area contributed by atoms with Crippen LogP contribution in [0.5, 0.6) is 11.5 Å². The Balaban J connectivity index is 2.12. The number of halogens is 2. The molecule has 1 heterocycles. The van der Waals surface area contributed by atoms with Gasteiger partial charge >= 0.3 is 0 Å². The normalized spacial score (nSPS) is 13.0. The number of aliphatic hydroxyl groups excluding tert-OH is 1. The van der Waals surface area contributed by atoms with Crippen molar-refractivity contribution >= 4 is 10.9 Å². The molecule has 136 valence electrons. The third-order valence-corrected chi connectivity index (χ3v) is 4.82. The Morgan fingerprint density at radius 2 is 1.69 bits per heavy atom. The Bertz CT molecular complexity index is 968. The summed E-state index contributed by atoms with van der Waals surface area (Å²) in [7, 11) is 0. The van der Waals surface area contributed by atoms with Crippen LogP contribution in [0.3, 0.4) is 0 Å². The largest absolute Gasteiger partial charge is 0.455 e. The molecule has 5 heteroatoms. The maximum Gasteiger partial charge on any atom is 0.149 e. The molecule has 26 heavy (non-hydrogen) atoms. The number of aromatic nitrogens is 1. The van der Waals surface area contributed by atoms with Gasteiger partial charge in [0.1, 0.15) is 28.7 Å². The first-order valence-electron chi connectivity index (χ1n) is 8.42. The van der Waals surface area contributed by atoms with Crippen LogP contribution in [0.4, 0.5) is 8.78 Å². The van der Waals surface area contributed by atoms with Crippen molar-refractivity contribution in [2.75, 3.05) is 0 Å². The number of para-hydroxylation sites is 1. The zero-order chi connectivity index (χ0) is 19.1. The van der Waals surface area contributed by atoms with E-state index in [1.165, 1.54) is 12.1 Å². The van der Waals surface area contributed by atoms with E-state index in [2.05, 4.69) is 4.98 Å². The molecule has 0 fully saturated rings. The van der Waals surface area contributed by atoms with Crippen molar-refractivity contribution in [1.82, 2.24) is 4.98 Å². The van der Waals surface area contributed by atoms with Gasteiger partial charge in [0.15, 0.2) is 0 Å². The van der Waals surface area contributed by atoms with Crippen LogP contribution < -0.4 is 4.74 Å². The van der Waals surface area contributed by atoms with Crippen LogP contribution in [0.25, 0.3) is 10.9 Å². The van der Waals surface area contributed by atoms with E-state index in [0.29, 0.717) is 22.6 Å². The second kappa shape index (κ2) is 6.65. The summed E-state index contributed by atoms with van der Waals surface area (Å²) in [6.45, 7) is 6.83. The van der Waals surface area contributed by atoms with E-state index in [9.17, 15) is 13.9 Å². The number of rotatable bonds is 4. The van der Waals surface area contributed by atoms with E-state index >= 15 is 0 Å². The minimum atomic E-state index is -0.856. The van der Waals surface area contributed by atoms with Crippen molar-refractivity contribution in [3.63, 3.8) is 0 Å². The average molecular weight is 357 g/mol. The van der Waals surface area contributed by atoms with Crippen molar-refractivity contribution < 1.29 is 18.6 Å². The van der Waals surface area contributed by atoms with Crippen molar-refractivity contribution in [2.45, 2.75) is 39.2 Å². The maximum absolute atomic E-state index is 14.6. The summed E-state index contributed by atoms with van der Waals surface area (Å²) in [6.07, 6.45) is -0.785. The third-order valence-electron chi connectivity index (χ3n) is 4.82. The molecule has 1 unspecified atom stereocenters. The number of aliphatic hydroxyl groups is 1. The molecule has 0 saturated carbocycles. The number of ether oxygens (including phenoxy) is 1. The number of benzene rings is 2. The SMILES string of the molecule is Cc1nc2c(F)cccc2cc1Oc1cccc(F)c1C(C)(C)C(C)O. The Morgan fingerprint density at radius 3 is 2.38 bits per heavy atom. The molecular weight excluding hydrogens is 336 g/mol. The number of nitrogens with zero attached hydrogens (tertiary/aromatic N) is 1. The molecule has 3 aromatic rings. The van der Waals surface area contributed by atoms with Gasteiger partial charge in [0.2, 0.25) is 0 Å². The van der Waals surface area contributed by atoms with Gasteiger partial charge < -0.3 is 9.84 Å². The Hall–Kier alpha value is -2.53. The number of pyridine rings is 1. The van der Waals surface area contributed by atoms with Gasteiger partial charge in [-0.1, -0.05) is 32.0 Å². The quantitative estimate of drug-likeness (QED) is 0.691. The Morgan fingerprint density at radius 1 is 1.04 bits per heavy atom. The van der Waals surface area contributed by atoms with Gasteiger partial charge in [-0.25, -0.2) is 13.8 Å². The topological polar surface area (TPSA) is 42.4 Å². The first-order valence-corrected chi connectivity index (χ1v) is 8.42. The Labute approximate surface area is 151 Å². The van der Waals surface area contributed by atoms with Gasteiger partial charge in [-0.3, -0.25) is 0 Å². The molecule has 1 aromatic heterocycles. The molecule has 0 aliphatic carbocycles. The van der Waals surface area contributed by atoms with Crippen LogP contribution in [0, 0.1) is 18.6 Å². The lowest BCUT2D eigenvalue weighted by molar-refractivity contribution is 0.114. The van der Waals surface area contributed by atoms with Gasteiger partial charge in [0.05, 0.1) is 11.8 Å². The molecular formula is C21H21F2NO2. The zero-order valence-corrected chi connectivity index (χ0v) is 15.2. The lowest BCUT2D eigenvalue weighted by Crippen LogP contribution is -2.32. The predicted molar refractivity (Wildman–Crippen MR) is 97.6 cm³/mol. The fourth-order valence-corrected chi connectivity index (χ4v) is 2.88. The first-order chi connectivity index (χ1) is 12.2. The second-order valence-electron chi connectivity index (χ2n) is 7.00. The fraction of sp³-hybridized carbons (Fsp3) is 0.286. The van der Waals surface area contributed by atoms with Crippen LogP contribution in [0.15, 0.2) is 42.5 Å². The van der Waals surface area contributed by atoms with E-state index in [-0.39, 0.29) is 11.1 Å². The third kappa shape index (κ3) is 3.15. The lowest BCUT2D eigenvalue weighted by Gasteiger charge is -2.30. The summed E-state index contributed by atoms with van der Waals surface area (Å²) >= 11 is 0. The predicted octanol–water partition coefficient (Wildman–Crippen LogP) is 5.27. The molecule has 1 atom stereocenters. The molecule has 2 aromatic carbocycles. The maximum atomic E-state index is 14.6. The molecule has 0 amide bonds. The van der Waals surface area contributed by atoms with Gasteiger partial charge in [-0.2, -0.15) is 0 Å². The second-order valence-corrected chi connectivity index (χ2v) is 7.00. The summed E-state index contributed by atoms with van der Waals surface area (Å²) in [4.78, 5) is 4.28. The minimum absolute atomic E-state index is 0.265. The lowest BCUT2D eigenvalue weighted by atomic mass is 9.79. The highest BCUT2D eigenvalue weighted by Crippen LogP contribution is 2.39. The monoisotopic (exact) mass is 357 g/mol. The van der Waals surface area contributed by atoms with Crippen LogP contribution in [0.1, 0.15) is 32.0 Å². The van der Waals surface area contributed by atoms with Gasteiger partial charge in [0.25, 0.3) is 0 Å². The van der Waals surface area contributed by atoms with E-state index in [0.717, 1.165) is 0 Å². The molecule has 0 radical (unpaired) electrons. The summed E-state index contributed by atoms with van der Waals surface area (Å²) in [6, 6.07) is 10.9. The average Bonchev–Trinajstić information content (AvgIpc) is 2.56. The molecule has 0 saturated heterocycles. The summed E-state index contributed by atoms with van der Waals surface area (Å²) in [5.74, 6) is -0.141. The minimum Gasteiger partial charge on any atom is -0.455 e. The van der Waals surface area contributed by atoms with Crippen molar-refractivity contribution in [3.8, 4) is 11.5 Å². The molecule has 3 rings (SSSR count). The van der Waals surface area contributed by atoms with Crippen LogP contribution in [-0.4, -0.2) is 16.2 Å². The van der Waals surface area contributed by atoms with Crippen LogP contribution in [-0.2, 0) is 5.41 Å². The standard InChI is InChI=1S/C21H21F2NO2/c1-12-18(11-14-7-5-9-16(23)20(14)24-12)26-17-10-6-8-15(22)19(17)21(3,4)13(2)25/h5-11,13,25H,1-4H3. The molecule has 0 aliphatic heterocycles. The van der Waals surface area contributed by atoms with E-state index in [1.807, 2.05) is 0 Å². The van der Waals surface area contributed by atoms with Crippen LogP contribution in [0.2, 0.25) is 0 Å². The first kappa shape index (κ1) is 18.3. The highest BCUT2D eigenvalue weighted by atomic mass is 19.1. The van der Waals surface area contributed by atoms with E-state index in [1.54, 1.807) is 58.0 Å². The molecule has 0 spiro atoms. The van der Waals surface area contributed by atoms with E-state index in [4.69, 9.17) is 4.74 Å². The number of hydrogen-bond acceptors (Lipinski definition) is 3. The van der Waals surface area contributed by atoms with Crippen molar-refractivity contribution in [3.05, 3.63) is 65.4 Å². The smallest absolute Gasteiger partial charge is 0.149 e. The Kier molecular flexibility index (Phi) is 4.67. The fourth-order valence-electron chi connectivity index (χ4n) is 2.88. The van der Waals surface area contributed by atoms with Crippen LogP contribution >= 0.6 is 0 Å². The number of fused-ring (bicyclic) bond motifs is 1. The molecule has 0 aliphatic rings. The number of aryl methyl sites for hydroxylation is 1. The van der Waals surface area contributed by atoms with Crippen molar-refractivity contribution in [2.24, 2.45) is 0 Å². The highest BCUT2D eigenvalue weighted by molar-refractivity contribution is 5.81. The summed E-state index contributed by atoms with van der Waals surface area (Å²) in [5.41, 5.74) is 0.188. The highest BCUT2D eigenvalue weighted by Gasteiger charge is 2.33. The van der Waals surface area contributed by atoms with Gasteiger partial charge in [-0.05, 0) is 38.1 Å². The molecule has 0 bridgehead atoms. The zero-order valence-electron chi connectivity index (χ0n) is 15.2. The number of hydrogen-bond donors (Lipinski definition) is 1.